The number of nitrogens with two attached hydrogens (primary N) is 1. The predicted octanol–water partition coefficient (Wildman–Crippen LogP) is 1.41. The highest BCUT2D eigenvalue weighted by atomic mass is 16.5. The maximum Gasteiger partial charge on any atom is 0.240 e. The molecule has 1 fully saturated rings. The van der Waals surface area contributed by atoms with E-state index in [0.29, 0.717) is 6.54 Å². The Labute approximate surface area is 114 Å². The van der Waals surface area contributed by atoms with Crippen molar-refractivity contribution in [2.24, 2.45) is 5.73 Å². The number of amides is 1. The molecular weight excluding hydrogens is 240 g/mol. The van der Waals surface area contributed by atoms with Gasteiger partial charge in [-0.05, 0) is 42.9 Å². The van der Waals surface area contributed by atoms with Gasteiger partial charge in [0.2, 0.25) is 5.91 Å². The van der Waals surface area contributed by atoms with Crippen molar-refractivity contribution in [3.05, 3.63) is 29.3 Å². The summed E-state index contributed by atoms with van der Waals surface area (Å²) in [6.07, 6.45) is 3.37. The van der Waals surface area contributed by atoms with E-state index in [-0.39, 0.29) is 5.91 Å². The van der Waals surface area contributed by atoms with Gasteiger partial charge in [-0.15, -0.1) is 0 Å². The number of carbonyl (C=O) groups is 1. The summed E-state index contributed by atoms with van der Waals surface area (Å²) >= 11 is 0. The summed E-state index contributed by atoms with van der Waals surface area (Å²) in [5.41, 5.74) is 7.66. The van der Waals surface area contributed by atoms with Crippen molar-refractivity contribution >= 4 is 5.91 Å². The number of hydrogen-bond donors (Lipinski definition) is 2. The van der Waals surface area contributed by atoms with Crippen LogP contribution in [0.4, 0.5) is 0 Å². The minimum atomic E-state index is -0.575. The number of aryl methyl sites for hydroxylation is 1. The highest BCUT2D eigenvalue weighted by Crippen LogP contribution is 2.32. The van der Waals surface area contributed by atoms with Crippen molar-refractivity contribution in [2.45, 2.75) is 38.1 Å². The molecule has 19 heavy (non-hydrogen) atoms. The van der Waals surface area contributed by atoms with Crippen molar-refractivity contribution in [3.8, 4) is 5.75 Å². The van der Waals surface area contributed by atoms with Gasteiger partial charge in [-0.3, -0.25) is 4.79 Å². The van der Waals surface area contributed by atoms with Crippen LogP contribution in [0.1, 0.15) is 30.9 Å². The van der Waals surface area contributed by atoms with Gasteiger partial charge in [-0.1, -0.05) is 19.1 Å². The monoisotopic (exact) mass is 262 g/mol. The fraction of sp³-hybridized carbons (Fsp3) is 0.533. The van der Waals surface area contributed by atoms with Crippen LogP contribution in [-0.4, -0.2) is 25.1 Å². The molecule has 2 rings (SSSR count). The quantitative estimate of drug-likeness (QED) is 0.814. The van der Waals surface area contributed by atoms with Crippen molar-refractivity contribution in [3.63, 3.8) is 0 Å². The smallest absolute Gasteiger partial charge is 0.240 e. The van der Waals surface area contributed by atoms with E-state index in [0.717, 1.165) is 31.4 Å². The first-order valence-electron chi connectivity index (χ1n) is 6.82. The van der Waals surface area contributed by atoms with Gasteiger partial charge in [0.05, 0.1) is 12.6 Å². The molecule has 0 heterocycles. The molecule has 104 valence electrons. The lowest BCUT2D eigenvalue weighted by Crippen LogP contribution is -2.43. The second-order valence-electron chi connectivity index (χ2n) is 5.16. The molecule has 3 N–H and O–H groups in total. The Morgan fingerprint density at radius 3 is 2.79 bits per heavy atom. The first kappa shape index (κ1) is 13.9. The highest BCUT2D eigenvalue weighted by molar-refractivity contribution is 5.88. The van der Waals surface area contributed by atoms with Crippen LogP contribution in [0, 0.1) is 0 Å². The summed E-state index contributed by atoms with van der Waals surface area (Å²) in [6, 6.07) is 6.17. The van der Waals surface area contributed by atoms with E-state index in [1.807, 2.05) is 12.1 Å². The van der Waals surface area contributed by atoms with Crippen molar-refractivity contribution < 1.29 is 9.53 Å². The Balaban J connectivity index is 1.87. The van der Waals surface area contributed by atoms with Gasteiger partial charge in [0.1, 0.15) is 5.75 Å². The molecule has 1 aliphatic rings. The topological polar surface area (TPSA) is 64.4 Å². The van der Waals surface area contributed by atoms with E-state index < -0.39 is 5.54 Å². The van der Waals surface area contributed by atoms with E-state index in [1.54, 1.807) is 7.11 Å². The number of benzene rings is 1. The molecule has 1 aromatic carbocycles. The molecule has 0 aromatic heterocycles. The molecule has 4 nitrogen and oxygen atoms in total. The van der Waals surface area contributed by atoms with Crippen molar-refractivity contribution in [2.75, 3.05) is 13.7 Å². The van der Waals surface area contributed by atoms with Crippen LogP contribution >= 0.6 is 0 Å². The van der Waals surface area contributed by atoms with E-state index in [2.05, 4.69) is 18.3 Å². The summed E-state index contributed by atoms with van der Waals surface area (Å²) in [5, 5.41) is 2.90. The molecule has 0 bridgehead atoms. The van der Waals surface area contributed by atoms with Crippen molar-refractivity contribution in [1.82, 2.24) is 5.32 Å². The lowest BCUT2D eigenvalue weighted by atomic mass is 10.1. The standard InChI is InChI=1S/C15H22N2O2/c1-3-12-10-11(4-5-13(12)19-2)6-9-17-14(18)15(16)7-8-15/h4-5,10H,3,6-9,16H2,1-2H3,(H,17,18). The third kappa shape index (κ3) is 3.26. The van der Waals surface area contributed by atoms with Crippen LogP contribution in [0.15, 0.2) is 18.2 Å². The molecule has 1 amide bonds. The minimum Gasteiger partial charge on any atom is -0.496 e. The molecule has 1 aromatic rings. The zero-order valence-corrected chi connectivity index (χ0v) is 11.7. The average Bonchev–Trinajstić information content (AvgIpc) is 3.17. The number of nitrogens with one attached hydrogen (secondary N) is 1. The molecule has 0 radical (unpaired) electrons. The van der Waals surface area contributed by atoms with Gasteiger partial charge >= 0.3 is 0 Å². The number of carbonyl (C=O) groups excluding carboxylic acids is 1. The molecule has 4 heteroatoms. The first-order valence-corrected chi connectivity index (χ1v) is 6.82. The lowest BCUT2D eigenvalue weighted by molar-refractivity contribution is -0.123. The van der Waals surface area contributed by atoms with Gasteiger partial charge in [-0.25, -0.2) is 0 Å². The summed E-state index contributed by atoms with van der Waals surface area (Å²) in [7, 11) is 1.69. The van der Waals surface area contributed by atoms with E-state index in [9.17, 15) is 4.79 Å². The Morgan fingerprint density at radius 2 is 2.21 bits per heavy atom. The zero-order valence-electron chi connectivity index (χ0n) is 11.7. The van der Waals surface area contributed by atoms with Crippen LogP contribution in [0.3, 0.4) is 0 Å². The number of hydrogen-bond acceptors (Lipinski definition) is 3. The first-order chi connectivity index (χ1) is 9.09. The number of methoxy groups -OCH3 is 1. The molecule has 0 saturated heterocycles. The summed E-state index contributed by atoms with van der Waals surface area (Å²) in [6.45, 7) is 2.74. The van der Waals surface area contributed by atoms with Gasteiger partial charge in [0.25, 0.3) is 0 Å². The highest BCUT2D eigenvalue weighted by Gasteiger charge is 2.45. The van der Waals surface area contributed by atoms with Gasteiger partial charge < -0.3 is 15.8 Å². The maximum atomic E-state index is 11.7. The Morgan fingerprint density at radius 1 is 1.47 bits per heavy atom. The molecule has 0 aliphatic heterocycles. The fourth-order valence-electron chi connectivity index (χ4n) is 2.12. The number of ether oxygens (including phenoxy) is 1. The second kappa shape index (κ2) is 5.61. The average molecular weight is 262 g/mol. The maximum absolute atomic E-state index is 11.7. The molecule has 1 aliphatic carbocycles. The number of rotatable bonds is 6. The lowest BCUT2D eigenvalue weighted by Gasteiger charge is -2.11. The van der Waals surface area contributed by atoms with E-state index in [1.165, 1.54) is 11.1 Å². The van der Waals surface area contributed by atoms with Crippen LogP contribution < -0.4 is 15.8 Å². The van der Waals surface area contributed by atoms with Gasteiger partial charge in [0.15, 0.2) is 0 Å². The van der Waals surface area contributed by atoms with Gasteiger partial charge in [0, 0.05) is 6.54 Å². The summed E-state index contributed by atoms with van der Waals surface area (Å²) in [5.74, 6) is 0.908. The minimum absolute atomic E-state index is 0.0169. The molecule has 0 atom stereocenters. The Bertz CT molecular complexity index is 467. The predicted molar refractivity (Wildman–Crippen MR) is 75.2 cm³/mol. The van der Waals surface area contributed by atoms with Gasteiger partial charge in [-0.2, -0.15) is 0 Å². The molecule has 0 unspecified atom stereocenters. The largest absolute Gasteiger partial charge is 0.496 e. The van der Waals surface area contributed by atoms with Crippen molar-refractivity contribution in [1.29, 1.82) is 0 Å². The van der Waals surface area contributed by atoms with Crippen LogP contribution in [0.5, 0.6) is 5.75 Å². The van der Waals surface area contributed by atoms with E-state index in [4.69, 9.17) is 10.5 Å². The summed E-state index contributed by atoms with van der Waals surface area (Å²) in [4.78, 5) is 11.7. The third-order valence-electron chi connectivity index (χ3n) is 3.67. The third-order valence-corrected chi connectivity index (χ3v) is 3.67. The molecule has 0 spiro atoms. The molecule has 1 saturated carbocycles. The Hall–Kier alpha value is -1.55. The SMILES string of the molecule is CCc1cc(CCNC(=O)C2(N)CC2)ccc1OC. The van der Waals surface area contributed by atoms with Crippen LogP contribution in [0.2, 0.25) is 0 Å². The second-order valence-corrected chi connectivity index (χ2v) is 5.16. The molecular formula is C15H22N2O2. The fourth-order valence-corrected chi connectivity index (χ4v) is 2.12. The van der Waals surface area contributed by atoms with E-state index >= 15 is 0 Å². The van der Waals surface area contributed by atoms with Crippen LogP contribution in [-0.2, 0) is 17.6 Å². The summed E-state index contributed by atoms with van der Waals surface area (Å²) < 4.78 is 5.30. The Kier molecular flexibility index (Phi) is 4.10. The zero-order chi connectivity index (χ0) is 13.9. The normalized spacial score (nSPS) is 15.9. The van der Waals surface area contributed by atoms with Crippen LogP contribution in [0.25, 0.3) is 0 Å².